The van der Waals surface area contributed by atoms with Crippen LogP contribution in [-0.4, -0.2) is 42.3 Å². The van der Waals surface area contributed by atoms with Crippen molar-refractivity contribution < 1.29 is 18.7 Å². The first-order valence-electron chi connectivity index (χ1n) is 9.91. The zero-order valence-electron chi connectivity index (χ0n) is 16.2. The van der Waals surface area contributed by atoms with Crippen molar-refractivity contribution in [2.75, 3.05) is 25.4 Å². The average molecular weight is 410 g/mol. The first-order valence-corrected chi connectivity index (χ1v) is 10.9. The van der Waals surface area contributed by atoms with Crippen LogP contribution in [0.2, 0.25) is 0 Å². The van der Waals surface area contributed by atoms with Crippen LogP contribution in [0.1, 0.15) is 50.6 Å². The second-order valence-corrected chi connectivity index (χ2v) is 8.40. The lowest BCUT2D eigenvalue weighted by molar-refractivity contribution is -0.118. The number of urea groups is 1. The Labute approximate surface area is 169 Å². The van der Waals surface area contributed by atoms with Gasteiger partial charge in [0.15, 0.2) is 11.6 Å². The quantitative estimate of drug-likeness (QED) is 0.313. The molecule has 0 bridgehead atoms. The summed E-state index contributed by atoms with van der Waals surface area (Å²) in [5.41, 5.74) is 1.00. The number of carbonyl (C=O) groups excluding carboxylic acids is 2. The zero-order chi connectivity index (χ0) is 19.9. The lowest BCUT2D eigenvalue weighted by atomic mass is 10.1. The van der Waals surface area contributed by atoms with Crippen molar-refractivity contribution in [2.45, 2.75) is 45.1 Å². The van der Waals surface area contributed by atoms with Gasteiger partial charge in [0.05, 0.1) is 6.61 Å². The minimum absolute atomic E-state index is 0.0909. The normalized spacial score (nSPS) is 17.7. The summed E-state index contributed by atoms with van der Waals surface area (Å²) < 4.78 is 22.9. The summed E-state index contributed by atoms with van der Waals surface area (Å²) in [6, 6.07) is 4.86. The van der Waals surface area contributed by atoms with Crippen molar-refractivity contribution >= 4 is 23.9 Å². The Morgan fingerprint density at radius 2 is 2.14 bits per heavy atom. The van der Waals surface area contributed by atoms with E-state index < -0.39 is 0 Å². The maximum atomic E-state index is 13.9. The number of nitrogens with one attached hydrogen (secondary N) is 2. The second kappa shape index (κ2) is 10.1. The number of hydrogen-bond donors (Lipinski definition) is 2. The molecule has 3 amide bonds. The molecule has 1 saturated heterocycles. The molecule has 1 unspecified atom stereocenters. The fourth-order valence-corrected chi connectivity index (χ4v) is 3.81. The Balaban J connectivity index is 1.29. The second-order valence-electron chi connectivity index (χ2n) is 7.47. The Morgan fingerprint density at radius 1 is 1.32 bits per heavy atom. The van der Waals surface area contributed by atoms with Gasteiger partial charge in [-0.05, 0) is 56.2 Å². The van der Waals surface area contributed by atoms with Gasteiger partial charge in [-0.1, -0.05) is 24.4 Å². The Bertz CT molecular complexity index is 699. The van der Waals surface area contributed by atoms with Gasteiger partial charge in [-0.3, -0.25) is 14.8 Å². The van der Waals surface area contributed by atoms with E-state index in [1.54, 1.807) is 29.0 Å². The van der Waals surface area contributed by atoms with Crippen molar-refractivity contribution in [3.05, 3.63) is 29.6 Å². The molecule has 1 aliphatic heterocycles. The smallest absolute Gasteiger partial charge is 0.324 e. The van der Waals surface area contributed by atoms with Gasteiger partial charge in [0.2, 0.25) is 5.91 Å². The maximum Gasteiger partial charge on any atom is 0.324 e. The number of rotatable bonds is 12. The molecule has 0 radical (unpaired) electrons. The molecule has 1 aliphatic carbocycles. The largest absolute Gasteiger partial charge is 0.490 e. The van der Waals surface area contributed by atoms with Crippen molar-refractivity contribution in [3.63, 3.8) is 0 Å². The van der Waals surface area contributed by atoms with Crippen LogP contribution < -0.4 is 14.8 Å². The summed E-state index contributed by atoms with van der Waals surface area (Å²) >= 11 is 1.65. The highest BCUT2D eigenvalue weighted by Crippen LogP contribution is 2.31. The molecule has 0 spiro atoms. The third-order valence-corrected chi connectivity index (χ3v) is 5.94. The third-order valence-electron chi connectivity index (χ3n) is 4.93. The fourth-order valence-electron chi connectivity index (χ4n) is 2.96. The Hall–Kier alpha value is -1.80. The van der Waals surface area contributed by atoms with Gasteiger partial charge >= 0.3 is 6.03 Å². The minimum Gasteiger partial charge on any atom is -0.490 e. The molecule has 2 N–H and O–H groups in total. The molecule has 1 saturated carbocycles. The maximum absolute atomic E-state index is 13.9. The van der Waals surface area contributed by atoms with Crippen molar-refractivity contribution in [3.8, 4) is 5.75 Å². The number of hydrogen-bond acceptors (Lipinski definition) is 5. The highest BCUT2D eigenvalue weighted by Gasteiger charge is 2.25. The van der Waals surface area contributed by atoms with E-state index in [1.165, 1.54) is 18.9 Å². The topological polar surface area (TPSA) is 70.7 Å². The molecule has 0 aromatic heterocycles. The molecular weight excluding hydrogens is 381 g/mol. The highest BCUT2D eigenvalue weighted by molar-refractivity contribution is 7.97. The van der Waals surface area contributed by atoms with Crippen molar-refractivity contribution in [2.24, 2.45) is 5.92 Å². The summed E-state index contributed by atoms with van der Waals surface area (Å²) in [5, 5.41) is 2.28. The average Bonchev–Trinajstić information content (AvgIpc) is 3.44. The van der Waals surface area contributed by atoms with Gasteiger partial charge in [-0.15, -0.1) is 0 Å². The minimum atomic E-state index is -0.308. The standard InChI is InChI=1S/C20H28FN3O3S/c1-14(16-7-8-17(21)18(11-16)27-13-15-5-6-15)23-28-10-4-2-3-9-24-12-19(25)22-20(24)26/h7-8,11,14-15,23H,2-6,9-10,12-13H2,1H3,(H,22,25,26). The number of imide groups is 1. The van der Waals surface area contributed by atoms with Crippen molar-refractivity contribution in [1.29, 1.82) is 0 Å². The predicted molar refractivity (Wildman–Crippen MR) is 108 cm³/mol. The molecule has 28 heavy (non-hydrogen) atoms. The summed E-state index contributed by atoms with van der Waals surface area (Å²) in [7, 11) is 0. The van der Waals surface area contributed by atoms with E-state index in [2.05, 4.69) is 10.0 Å². The molecule has 1 aromatic carbocycles. The molecular formula is C20H28FN3O3S. The van der Waals surface area contributed by atoms with Crippen LogP contribution in [0, 0.1) is 11.7 Å². The number of ether oxygens (including phenoxy) is 1. The van der Waals surface area contributed by atoms with Crippen LogP contribution in [0.3, 0.4) is 0 Å². The summed E-state index contributed by atoms with van der Waals surface area (Å²) in [6.07, 6.45) is 5.26. The van der Waals surface area contributed by atoms with Gasteiger partial charge in [-0.2, -0.15) is 0 Å². The fraction of sp³-hybridized carbons (Fsp3) is 0.600. The molecule has 6 nitrogen and oxygen atoms in total. The highest BCUT2D eigenvalue weighted by atomic mass is 32.2. The molecule has 154 valence electrons. The third kappa shape index (κ3) is 6.38. The van der Waals surface area contributed by atoms with E-state index >= 15 is 0 Å². The summed E-state index contributed by atoms with van der Waals surface area (Å²) in [6.45, 7) is 3.44. The molecule has 3 rings (SSSR count). The molecule has 8 heteroatoms. The van der Waals surface area contributed by atoms with E-state index in [9.17, 15) is 14.0 Å². The number of carbonyl (C=O) groups is 2. The molecule has 2 aliphatic rings. The summed E-state index contributed by atoms with van der Waals surface area (Å²) in [5.74, 6) is 1.35. The van der Waals surface area contributed by atoms with Crippen molar-refractivity contribution in [1.82, 2.24) is 14.9 Å². The lowest BCUT2D eigenvalue weighted by Crippen LogP contribution is -2.29. The Morgan fingerprint density at radius 3 is 2.86 bits per heavy atom. The Kier molecular flexibility index (Phi) is 7.56. The molecule has 1 aromatic rings. The number of nitrogens with zero attached hydrogens (tertiary/aromatic N) is 1. The predicted octanol–water partition coefficient (Wildman–Crippen LogP) is 3.64. The number of benzene rings is 1. The molecule has 2 fully saturated rings. The molecule has 1 atom stereocenters. The van der Waals surface area contributed by atoms with E-state index in [0.717, 1.165) is 30.6 Å². The van der Waals surface area contributed by atoms with Crippen LogP contribution >= 0.6 is 11.9 Å². The van der Waals surface area contributed by atoms with Crippen LogP contribution in [0.4, 0.5) is 9.18 Å². The molecule has 1 heterocycles. The number of halogens is 1. The van der Waals surface area contributed by atoms with Crippen LogP contribution in [0.5, 0.6) is 5.75 Å². The van der Waals surface area contributed by atoms with Gasteiger partial charge in [0, 0.05) is 18.3 Å². The van der Waals surface area contributed by atoms with Crippen LogP contribution in [0.25, 0.3) is 0 Å². The van der Waals surface area contributed by atoms with Gasteiger partial charge in [0.1, 0.15) is 6.54 Å². The first kappa shape index (κ1) is 20.9. The van der Waals surface area contributed by atoms with E-state index in [4.69, 9.17) is 4.74 Å². The van der Waals surface area contributed by atoms with Crippen LogP contribution in [-0.2, 0) is 4.79 Å². The SMILES string of the molecule is CC(NSCCCCCN1CC(=O)NC1=O)c1ccc(F)c(OCC2CC2)c1. The lowest BCUT2D eigenvalue weighted by Gasteiger charge is -2.16. The van der Waals surface area contributed by atoms with Gasteiger partial charge in [0.25, 0.3) is 0 Å². The van der Waals surface area contributed by atoms with Gasteiger partial charge in [-0.25, -0.2) is 9.18 Å². The number of unbranched alkanes of at least 4 members (excludes halogenated alkanes) is 2. The van der Waals surface area contributed by atoms with E-state index in [-0.39, 0.29) is 30.3 Å². The van der Waals surface area contributed by atoms with E-state index in [1.807, 2.05) is 6.92 Å². The van der Waals surface area contributed by atoms with Gasteiger partial charge < -0.3 is 9.64 Å². The summed E-state index contributed by atoms with van der Waals surface area (Å²) in [4.78, 5) is 24.1. The first-order chi connectivity index (χ1) is 13.5. The van der Waals surface area contributed by atoms with E-state index in [0.29, 0.717) is 24.8 Å². The van der Waals surface area contributed by atoms with Crippen LogP contribution in [0.15, 0.2) is 18.2 Å². The monoisotopic (exact) mass is 409 g/mol. The zero-order valence-corrected chi connectivity index (χ0v) is 17.0. The number of amides is 3.